The summed E-state index contributed by atoms with van der Waals surface area (Å²) in [7, 11) is 1.51. The first-order valence-electron chi connectivity index (χ1n) is 4.36. The number of carbonyl (C=O) groups excluding carboxylic acids is 2. The molecule has 13 heavy (non-hydrogen) atoms. The number of nitrogens with one attached hydrogen (secondary N) is 1. The van der Waals surface area contributed by atoms with Gasteiger partial charge in [-0.15, -0.1) is 0 Å². The molecule has 1 aliphatic heterocycles. The standard InChI is InChI=1S/C8H12N2O3/c1-13-4-6-7(11)10(5-2-3-5)8(12)9-6/h5-6H,2-4H2,1H3,(H,9,12). The van der Waals surface area contributed by atoms with Crippen LogP contribution in [0.3, 0.4) is 0 Å². The van der Waals surface area contributed by atoms with Crippen molar-refractivity contribution in [3.05, 3.63) is 0 Å². The van der Waals surface area contributed by atoms with Gasteiger partial charge in [-0.25, -0.2) is 4.79 Å². The number of urea groups is 1. The maximum Gasteiger partial charge on any atom is 0.325 e. The molecule has 1 saturated carbocycles. The van der Waals surface area contributed by atoms with Gasteiger partial charge in [-0.2, -0.15) is 0 Å². The summed E-state index contributed by atoms with van der Waals surface area (Å²) >= 11 is 0. The van der Waals surface area contributed by atoms with Gasteiger partial charge in [-0.3, -0.25) is 9.69 Å². The van der Waals surface area contributed by atoms with E-state index >= 15 is 0 Å². The van der Waals surface area contributed by atoms with Crippen LogP contribution in [-0.4, -0.2) is 42.6 Å². The fourth-order valence-electron chi connectivity index (χ4n) is 1.51. The maximum absolute atomic E-state index is 11.5. The van der Waals surface area contributed by atoms with Gasteiger partial charge in [0.25, 0.3) is 5.91 Å². The van der Waals surface area contributed by atoms with Crippen LogP contribution < -0.4 is 5.32 Å². The van der Waals surface area contributed by atoms with Gasteiger partial charge in [0.15, 0.2) is 0 Å². The van der Waals surface area contributed by atoms with Crippen molar-refractivity contribution in [2.24, 2.45) is 0 Å². The van der Waals surface area contributed by atoms with Gasteiger partial charge >= 0.3 is 6.03 Å². The third-order valence-corrected chi connectivity index (χ3v) is 2.30. The van der Waals surface area contributed by atoms with Crippen molar-refractivity contribution in [2.75, 3.05) is 13.7 Å². The van der Waals surface area contributed by atoms with Crippen molar-refractivity contribution in [2.45, 2.75) is 24.9 Å². The smallest absolute Gasteiger partial charge is 0.325 e. The summed E-state index contributed by atoms with van der Waals surface area (Å²) in [6, 6.07) is -0.595. The highest BCUT2D eigenvalue weighted by Crippen LogP contribution is 2.29. The lowest BCUT2D eigenvalue weighted by Gasteiger charge is -2.10. The summed E-state index contributed by atoms with van der Waals surface area (Å²) in [6.07, 6.45) is 1.89. The number of rotatable bonds is 3. The van der Waals surface area contributed by atoms with E-state index in [1.807, 2.05) is 0 Å². The van der Waals surface area contributed by atoms with Gasteiger partial charge in [0.05, 0.1) is 6.61 Å². The molecule has 0 spiro atoms. The average Bonchev–Trinajstić information content (AvgIpc) is 2.84. The molecule has 2 aliphatic rings. The summed E-state index contributed by atoms with van der Waals surface area (Å²) < 4.78 is 4.83. The Labute approximate surface area is 76.0 Å². The second kappa shape index (κ2) is 2.99. The molecular weight excluding hydrogens is 172 g/mol. The Kier molecular flexibility index (Phi) is 1.95. The molecule has 0 bridgehead atoms. The van der Waals surface area contributed by atoms with E-state index in [1.54, 1.807) is 0 Å². The van der Waals surface area contributed by atoms with Crippen molar-refractivity contribution in [1.29, 1.82) is 0 Å². The van der Waals surface area contributed by atoms with Crippen molar-refractivity contribution >= 4 is 11.9 Å². The van der Waals surface area contributed by atoms with Crippen molar-refractivity contribution in [3.8, 4) is 0 Å². The van der Waals surface area contributed by atoms with Crippen molar-refractivity contribution in [1.82, 2.24) is 10.2 Å². The van der Waals surface area contributed by atoms with E-state index in [4.69, 9.17) is 4.74 Å². The van der Waals surface area contributed by atoms with Gasteiger partial charge in [0.2, 0.25) is 0 Å². The van der Waals surface area contributed by atoms with E-state index in [2.05, 4.69) is 5.32 Å². The normalized spacial score (nSPS) is 28.1. The molecule has 0 radical (unpaired) electrons. The lowest BCUT2D eigenvalue weighted by molar-refractivity contribution is -0.128. The SMILES string of the molecule is COCC1NC(=O)N(C2CC2)C1=O. The summed E-state index contributed by atoms with van der Waals surface area (Å²) in [5.41, 5.74) is 0. The van der Waals surface area contributed by atoms with Crippen LogP contribution in [0.5, 0.6) is 0 Å². The molecule has 5 heteroatoms. The van der Waals surface area contributed by atoms with E-state index in [9.17, 15) is 9.59 Å². The van der Waals surface area contributed by atoms with E-state index < -0.39 is 6.04 Å². The van der Waals surface area contributed by atoms with Gasteiger partial charge < -0.3 is 10.1 Å². The Balaban J connectivity index is 2.05. The Morgan fingerprint density at radius 2 is 2.23 bits per heavy atom. The Morgan fingerprint density at radius 3 is 2.77 bits per heavy atom. The number of hydrogen-bond acceptors (Lipinski definition) is 3. The largest absolute Gasteiger partial charge is 0.382 e. The molecule has 1 saturated heterocycles. The second-order valence-electron chi connectivity index (χ2n) is 3.40. The minimum Gasteiger partial charge on any atom is -0.382 e. The van der Waals surface area contributed by atoms with Gasteiger partial charge in [-0.1, -0.05) is 0 Å². The van der Waals surface area contributed by atoms with Crippen molar-refractivity contribution in [3.63, 3.8) is 0 Å². The molecule has 72 valence electrons. The lowest BCUT2D eigenvalue weighted by Crippen LogP contribution is -2.35. The number of imide groups is 1. The van der Waals surface area contributed by atoms with E-state index in [0.29, 0.717) is 0 Å². The molecule has 3 amide bonds. The van der Waals surface area contributed by atoms with Gasteiger partial charge in [-0.05, 0) is 12.8 Å². The van der Waals surface area contributed by atoms with E-state index in [0.717, 1.165) is 12.8 Å². The van der Waals surface area contributed by atoms with Gasteiger partial charge in [0, 0.05) is 13.2 Å². The molecule has 1 atom stereocenters. The first kappa shape index (κ1) is 8.50. The number of hydrogen-bond donors (Lipinski definition) is 1. The van der Waals surface area contributed by atoms with Crippen LogP contribution in [-0.2, 0) is 9.53 Å². The molecule has 2 fully saturated rings. The molecule has 0 aromatic carbocycles. The topological polar surface area (TPSA) is 58.6 Å². The summed E-state index contributed by atoms with van der Waals surface area (Å²) in [6.45, 7) is 0.258. The maximum atomic E-state index is 11.5. The molecule has 1 aliphatic carbocycles. The molecular formula is C8H12N2O3. The fourth-order valence-corrected chi connectivity index (χ4v) is 1.51. The zero-order valence-electron chi connectivity index (χ0n) is 7.45. The van der Waals surface area contributed by atoms with Crippen LogP contribution in [0.1, 0.15) is 12.8 Å². The zero-order valence-corrected chi connectivity index (χ0v) is 7.45. The molecule has 0 aromatic rings. The van der Waals surface area contributed by atoms with Crippen LogP contribution in [0.25, 0.3) is 0 Å². The third-order valence-electron chi connectivity index (χ3n) is 2.30. The summed E-state index contributed by atoms with van der Waals surface area (Å²) in [4.78, 5) is 24.2. The summed E-state index contributed by atoms with van der Waals surface area (Å²) in [5.74, 6) is -0.144. The summed E-state index contributed by atoms with van der Waals surface area (Å²) in [5, 5.41) is 2.59. The van der Waals surface area contributed by atoms with Crippen LogP contribution in [0.15, 0.2) is 0 Å². The highest BCUT2D eigenvalue weighted by atomic mass is 16.5. The quantitative estimate of drug-likeness (QED) is 0.613. The van der Waals surface area contributed by atoms with E-state index in [1.165, 1.54) is 12.0 Å². The number of nitrogens with zero attached hydrogens (tertiary/aromatic N) is 1. The molecule has 0 aromatic heterocycles. The number of amides is 3. The number of ether oxygens (including phenoxy) is 1. The average molecular weight is 184 g/mol. The van der Waals surface area contributed by atoms with Crippen molar-refractivity contribution < 1.29 is 14.3 Å². The second-order valence-corrected chi connectivity index (χ2v) is 3.40. The Morgan fingerprint density at radius 1 is 1.54 bits per heavy atom. The van der Waals surface area contributed by atoms with Crippen LogP contribution in [0.4, 0.5) is 4.79 Å². The molecule has 5 nitrogen and oxygen atoms in total. The van der Waals surface area contributed by atoms with Gasteiger partial charge in [0.1, 0.15) is 6.04 Å². The number of methoxy groups -OCH3 is 1. The van der Waals surface area contributed by atoms with Crippen LogP contribution in [0.2, 0.25) is 0 Å². The predicted octanol–water partition coefficient (Wildman–Crippen LogP) is -0.284. The lowest BCUT2D eigenvalue weighted by atomic mass is 10.3. The van der Waals surface area contributed by atoms with Crippen LogP contribution >= 0.6 is 0 Å². The zero-order chi connectivity index (χ0) is 9.42. The monoisotopic (exact) mass is 184 g/mol. The minimum absolute atomic E-state index is 0.144. The number of carbonyl (C=O) groups is 2. The first-order valence-corrected chi connectivity index (χ1v) is 4.36. The highest BCUT2D eigenvalue weighted by Gasteiger charge is 2.45. The predicted molar refractivity (Wildman–Crippen MR) is 44.1 cm³/mol. The van der Waals surface area contributed by atoms with Crippen LogP contribution in [0, 0.1) is 0 Å². The molecule has 2 rings (SSSR count). The highest BCUT2D eigenvalue weighted by molar-refractivity contribution is 6.04. The molecule has 1 N–H and O–H groups in total. The fraction of sp³-hybridized carbons (Fsp3) is 0.750. The molecule has 1 unspecified atom stereocenters. The first-order chi connectivity index (χ1) is 6.24. The van der Waals surface area contributed by atoms with E-state index in [-0.39, 0.29) is 24.6 Å². The molecule has 1 heterocycles. The minimum atomic E-state index is -0.474. The Hall–Kier alpha value is -1.10. The third kappa shape index (κ3) is 1.39. The Bertz CT molecular complexity index is 250.